The molecule has 0 bridgehead atoms. The maximum atomic E-state index is 9.84. The molecule has 7 N–H and O–H groups in total. The first-order valence-electron chi connectivity index (χ1n) is 4.55. The van der Waals surface area contributed by atoms with Crippen LogP contribution in [0.4, 0.5) is 0 Å². The Hall–Kier alpha value is -0.920. The van der Waals surface area contributed by atoms with Gasteiger partial charge in [0.05, 0.1) is 6.61 Å². The Balaban J connectivity index is 0.000000263. The molecular weight excluding hydrogens is 300 g/mol. The molecule has 0 aromatic carbocycles. The minimum atomic E-state index is -4.67. The van der Waals surface area contributed by atoms with Gasteiger partial charge in [0.1, 0.15) is 0 Å². The molecule has 0 aromatic rings. The van der Waals surface area contributed by atoms with Crippen molar-refractivity contribution in [2.75, 3.05) is 6.61 Å². The molecule has 2 aliphatic rings. The molecule has 0 radical (unpaired) electrons. The highest BCUT2D eigenvalue weighted by atomic mass is 32.3. The fourth-order valence-corrected chi connectivity index (χ4v) is 0.821. The van der Waals surface area contributed by atoms with Crippen LogP contribution in [0.1, 0.15) is 0 Å². The molecule has 0 aliphatic heterocycles. The van der Waals surface area contributed by atoms with Gasteiger partial charge in [-0.25, -0.2) is 0 Å². The van der Waals surface area contributed by atoms with E-state index in [0.29, 0.717) is 0 Å². The third-order valence-electron chi connectivity index (χ3n) is 1.78. The highest BCUT2D eigenvalue weighted by Crippen LogP contribution is 2.29. The smallest absolute Gasteiger partial charge is 0.394 e. The van der Waals surface area contributed by atoms with Crippen molar-refractivity contribution < 1.29 is 31.4 Å². The maximum Gasteiger partial charge on any atom is 0.394 e. The molecule has 1 unspecified atom stereocenters. The summed E-state index contributed by atoms with van der Waals surface area (Å²) in [7, 11) is -4.67. The standard InChI is InChI=1S/C6H4.C2H8N2O3S.H2O4S/c1-2-6-4-3-5(1)6;3-2(4,1-5)8(6)7;1-5(2,3)4/h1-4H;5H,1,3-4H2,(H,6,7);(H2,1,2,3,4)/p-1. The highest BCUT2D eigenvalue weighted by Gasteiger charge is 2.17. The van der Waals surface area contributed by atoms with Gasteiger partial charge in [0.2, 0.25) is 0 Å². The van der Waals surface area contributed by atoms with Crippen LogP contribution in [-0.2, 0) is 21.5 Å². The van der Waals surface area contributed by atoms with E-state index in [2.05, 4.69) is 24.3 Å². The van der Waals surface area contributed by atoms with Crippen LogP contribution in [0, 0.1) is 0 Å². The molecule has 0 heterocycles. The van der Waals surface area contributed by atoms with Gasteiger partial charge in [0.25, 0.3) is 0 Å². The highest BCUT2D eigenvalue weighted by molar-refractivity contribution is 7.80. The van der Waals surface area contributed by atoms with E-state index < -0.39 is 33.1 Å². The van der Waals surface area contributed by atoms with Gasteiger partial charge in [-0.05, 0) is 22.2 Å². The van der Waals surface area contributed by atoms with Gasteiger partial charge in [-0.2, -0.15) is 8.42 Å². The van der Waals surface area contributed by atoms with Crippen LogP contribution >= 0.6 is 0 Å². The first kappa shape index (κ1) is 18.1. The predicted molar refractivity (Wildman–Crippen MR) is 66.7 cm³/mol. The normalized spacial score (nSPS) is 13.4. The zero-order valence-corrected chi connectivity index (χ0v) is 11.1. The molecule has 2 aliphatic carbocycles. The molecule has 2 rings (SSSR count). The zero-order chi connectivity index (χ0) is 15.3. The molecule has 19 heavy (non-hydrogen) atoms. The fraction of sp³-hybridized carbons (Fsp3) is 0.250. The van der Waals surface area contributed by atoms with Gasteiger partial charge in [-0.3, -0.25) is 13.3 Å². The third kappa shape index (κ3) is 7.97. The SMILES string of the molecule is NC(N)(CO)S(=O)[O-].O=S(=O)(O)O.c1cc2ccc1-2. The summed E-state index contributed by atoms with van der Waals surface area (Å²) in [4.78, 5) is -1.99. The quantitative estimate of drug-likeness (QED) is 0.248. The Labute approximate surface area is 112 Å². The molecule has 9 nitrogen and oxygen atoms in total. The number of hydrogen-bond donors (Lipinski definition) is 5. The van der Waals surface area contributed by atoms with E-state index in [1.54, 1.807) is 0 Å². The minimum absolute atomic E-state index is 0.775. The summed E-state index contributed by atoms with van der Waals surface area (Å²) in [6.07, 6.45) is 0. The van der Waals surface area contributed by atoms with E-state index in [1.165, 1.54) is 11.1 Å². The number of rotatable bonds is 2. The molecule has 0 saturated carbocycles. The Morgan fingerprint density at radius 2 is 1.42 bits per heavy atom. The van der Waals surface area contributed by atoms with Gasteiger partial charge in [-0.15, -0.1) is 0 Å². The van der Waals surface area contributed by atoms with Crippen molar-refractivity contribution in [1.29, 1.82) is 0 Å². The Kier molecular flexibility index (Phi) is 6.68. The van der Waals surface area contributed by atoms with Crippen LogP contribution in [0.2, 0.25) is 0 Å². The Morgan fingerprint density at radius 1 is 1.16 bits per heavy atom. The number of hydrogen-bond acceptors (Lipinski definition) is 7. The average Bonchev–Trinajstić information content (AvgIpc) is 2.21. The maximum absolute atomic E-state index is 9.84. The summed E-state index contributed by atoms with van der Waals surface area (Å²) >= 11 is -2.62. The zero-order valence-electron chi connectivity index (χ0n) is 9.46. The first-order chi connectivity index (χ1) is 8.47. The summed E-state index contributed by atoms with van der Waals surface area (Å²) in [6.45, 7) is -0.775. The molecule has 1 atom stereocenters. The van der Waals surface area contributed by atoms with E-state index in [0.717, 1.165) is 0 Å². The van der Waals surface area contributed by atoms with E-state index in [4.69, 9.17) is 34.1 Å². The molecule has 0 saturated heterocycles. The van der Waals surface area contributed by atoms with Crippen LogP contribution in [0.25, 0.3) is 11.1 Å². The minimum Gasteiger partial charge on any atom is -0.770 e. The van der Waals surface area contributed by atoms with Crippen LogP contribution in [0.5, 0.6) is 0 Å². The lowest BCUT2D eigenvalue weighted by molar-refractivity contribution is 0.243. The topological polar surface area (TPSA) is 187 Å². The lowest BCUT2D eigenvalue weighted by atomic mass is 9.95. The van der Waals surface area contributed by atoms with E-state index in [9.17, 15) is 8.76 Å². The van der Waals surface area contributed by atoms with E-state index in [-0.39, 0.29) is 0 Å². The fourth-order valence-electron chi connectivity index (χ4n) is 0.715. The van der Waals surface area contributed by atoms with Crippen molar-refractivity contribution in [2.24, 2.45) is 11.5 Å². The van der Waals surface area contributed by atoms with Crippen molar-refractivity contribution in [3.63, 3.8) is 0 Å². The monoisotopic (exact) mass is 313 g/mol. The molecule has 0 amide bonds. The second kappa shape index (κ2) is 7.02. The number of benzene rings is 1. The molecule has 0 fully saturated rings. The Bertz CT molecular complexity index is 498. The van der Waals surface area contributed by atoms with Gasteiger partial charge in [-0.1, -0.05) is 24.3 Å². The first-order valence-corrected chi connectivity index (χ1v) is 7.03. The summed E-state index contributed by atoms with van der Waals surface area (Å²) in [6, 6.07) is 8.48. The molecule has 0 spiro atoms. The molecular formula is C8H13N2O7S2-. The average molecular weight is 313 g/mol. The summed E-state index contributed by atoms with van der Waals surface area (Å²) < 4.78 is 51.3. The lowest BCUT2D eigenvalue weighted by Gasteiger charge is -2.23. The number of aliphatic hydroxyl groups is 1. The molecule has 110 valence electrons. The largest absolute Gasteiger partial charge is 0.770 e. The van der Waals surface area contributed by atoms with E-state index >= 15 is 0 Å². The Morgan fingerprint density at radius 3 is 1.42 bits per heavy atom. The van der Waals surface area contributed by atoms with Crippen molar-refractivity contribution >= 4 is 21.5 Å². The third-order valence-corrected chi connectivity index (χ3v) is 2.53. The van der Waals surface area contributed by atoms with Gasteiger partial charge in [0.15, 0.2) is 4.99 Å². The van der Waals surface area contributed by atoms with Crippen LogP contribution in [0.15, 0.2) is 24.3 Å². The van der Waals surface area contributed by atoms with Crippen molar-refractivity contribution in [2.45, 2.75) is 4.99 Å². The summed E-state index contributed by atoms with van der Waals surface area (Å²) in [5, 5.41) is 8.12. The summed E-state index contributed by atoms with van der Waals surface area (Å²) in [5.74, 6) is 0. The van der Waals surface area contributed by atoms with Crippen LogP contribution in [0.3, 0.4) is 0 Å². The van der Waals surface area contributed by atoms with Crippen LogP contribution in [-0.4, -0.2) is 43.0 Å². The van der Waals surface area contributed by atoms with Crippen molar-refractivity contribution in [3.8, 4) is 11.1 Å². The second-order valence-corrected chi connectivity index (χ2v) is 5.50. The second-order valence-electron chi connectivity index (χ2n) is 3.37. The summed E-state index contributed by atoms with van der Waals surface area (Å²) in [5.41, 5.74) is 12.4. The van der Waals surface area contributed by atoms with Crippen molar-refractivity contribution in [1.82, 2.24) is 0 Å². The number of nitrogens with two attached hydrogens (primary N) is 2. The van der Waals surface area contributed by atoms with E-state index in [1.807, 2.05) is 0 Å². The molecule has 11 heteroatoms. The number of fused-ring (bicyclic) bond motifs is 1. The van der Waals surface area contributed by atoms with Gasteiger partial charge < -0.3 is 21.1 Å². The lowest BCUT2D eigenvalue weighted by Crippen LogP contribution is -2.56. The molecule has 0 aromatic heterocycles. The van der Waals surface area contributed by atoms with Crippen LogP contribution < -0.4 is 11.5 Å². The van der Waals surface area contributed by atoms with Gasteiger partial charge in [0, 0.05) is 0 Å². The van der Waals surface area contributed by atoms with Crippen molar-refractivity contribution in [3.05, 3.63) is 24.3 Å². The number of aliphatic hydroxyl groups excluding tert-OH is 1. The predicted octanol–water partition coefficient (Wildman–Crippen LogP) is -1.56. The van der Waals surface area contributed by atoms with Gasteiger partial charge >= 0.3 is 10.4 Å².